The molecule has 132 valence electrons. The van der Waals surface area contributed by atoms with E-state index in [0.717, 1.165) is 43.6 Å². The molecule has 0 bridgehead atoms. The van der Waals surface area contributed by atoms with E-state index in [1.54, 1.807) is 11.3 Å². The molecule has 2 aliphatic rings. The van der Waals surface area contributed by atoms with Gasteiger partial charge in [-0.2, -0.15) is 0 Å². The maximum Gasteiger partial charge on any atom is 0.253 e. The molecule has 5 nitrogen and oxygen atoms in total. The Labute approximate surface area is 158 Å². The zero-order chi connectivity index (χ0) is 14.7. The van der Waals surface area contributed by atoms with Gasteiger partial charge in [0.2, 0.25) is 0 Å². The lowest BCUT2D eigenvalue weighted by molar-refractivity contribution is -0.147. The lowest BCUT2D eigenvalue weighted by Crippen LogP contribution is -2.54. The number of nitrogens with zero attached hydrogens (tertiary/aromatic N) is 2. The number of hydrogen-bond acceptors (Lipinski definition) is 5. The van der Waals surface area contributed by atoms with Crippen LogP contribution in [0.25, 0.3) is 0 Å². The van der Waals surface area contributed by atoms with Crippen LogP contribution in [-0.2, 0) is 16.1 Å². The number of nitrogens with one attached hydrogen (secondary N) is 1. The fourth-order valence-corrected chi connectivity index (χ4v) is 3.84. The van der Waals surface area contributed by atoms with Crippen molar-refractivity contribution < 1.29 is 9.53 Å². The Kier molecular flexibility index (Phi) is 9.15. The molecule has 3 heterocycles. The summed E-state index contributed by atoms with van der Waals surface area (Å²) >= 11 is 7.58. The van der Waals surface area contributed by atoms with E-state index in [-0.39, 0.29) is 36.8 Å². The number of thiophene rings is 1. The molecule has 0 spiro atoms. The number of ether oxygens (including phenoxy) is 1. The first kappa shape index (κ1) is 21.0. The van der Waals surface area contributed by atoms with Crippen molar-refractivity contribution in [2.45, 2.75) is 12.6 Å². The molecule has 2 aliphatic heterocycles. The molecular weight excluding hydrogens is 381 g/mol. The van der Waals surface area contributed by atoms with E-state index in [4.69, 9.17) is 16.3 Å². The molecule has 2 fully saturated rings. The van der Waals surface area contributed by atoms with Crippen LogP contribution in [-0.4, -0.2) is 67.7 Å². The van der Waals surface area contributed by atoms with Gasteiger partial charge < -0.3 is 15.0 Å². The molecule has 23 heavy (non-hydrogen) atoms. The second-order valence-corrected chi connectivity index (χ2v) is 7.17. The van der Waals surface area contributed by atoms with Gasteiger partial charge in [0, 0.05) is 50.7 Å². The number of hydrogen-bond donors (Lipinski definition) is 1. The van der Waals surface area contributed by atoms with Gasteiger partial charge in [-0.3, -0.25) is 9.69 Å². The van der Waals surface area contributed by atoms with E-state index in [1.165, 1.54) is 4.88 Å². The third-order valence-electron chi connectivity index (χ3n) is 3.90. The molecule has 0 aromatic carbocycles. The van der Waals surface area contributed by atoms with Gasteiger partial charge in [0.15, 0.2) is 0 Å². The van der Waals surface area contributed by atoms with E-state index in [9.17, 15) is 4.79 Å². The number of carbonyl (C=O) groups is 1. The van der Waals surface area contributed by atoms with Crippen molar-refractivity contribution in [2.24, 2.45) is 0 Å². The minimum atomic E-state index is -0.304. The maximum absolute atomic E-state index is 12.3. The Morgan fingerprint density at radius 2 is 2.04 bits per heavy atom. The Bertz CT molecular complexity index is 489. The highest BCUT2D eigenvalue weighted by Gasteiger charge is 2.29. The molecule has 1 atom stereocenters. The van der Waals surface area contributed by atoms with E-state index < -0.39 is 0 Å². The summed E-state index contributed by atoms with van der Waals surface area (Å²) < 4.78 is 6.37. The molecule has 1 N–H and O–H groups in total. The highest BCUT2D eigenvalue weighted by Crippen LogP contribution is 2.23. The summed E-state index contributed by atoms with van der Waals surface area (Å²) in [5.74, 6) is 0.126. The first-order valence-corrected chi connectivity index (χ1v) is 8.49. The summed E-state index contributed by atoms with van der Waals surface area (Å²) in [6.07, 6.45) is -0.304. The van der Waals surface area contributed by atoms with Crippen molar-refractivity contribution in [1.82, 2.24) is 15.1 Å². The van der Waals surface area contributed by atoms with Crippen LogP contribution < -0.4 is 5.32 Å². The van der Waals surface area contributed by atoms with Gasteiger partial charge in [-0.1, -0.05) is 11.6 Å². The van der Waals surface area contributed by atoms with E-state index in [1.807, 2.05) is 11.0 Å². The molecule has 9 heteroatoms. The van der Waals surface area contributed by atoms with E-state index in [0.29, 0.717) is 13.2 Å². The van der Waals surface area contributed by atoms with Crippen molar-refractivity contribution in [3.8, 4) is 0 Å². The number of halogens is 3. The zero-order valence-electron chi connectivity index (χ0n) is 12.7. The van der Waals surface area contributed by atoms with Gasteiger partial charge >= 0.3 is 0 Å². The van der Waals surface area contributed by atoms with Crippen LogP contribution in [0.2, 0.25) is 4.34 Å². The maximum atomic E-state index is 12.3. The molecule has 1 aromatic rings. The summed E-state index contributed by atoms with van der Waals surface area (Å²) in [4.78, 5) is 17.9. The zero-order valence-corrected chi connectivity index (χ0v) is 15.9. The minimum absolute atomic E-state index is 0. The van der Waals surface area contributed by atoms with Gasteiger partial charge in [0.05, 0.1) is 10.9 Å². The molecular formula is C14H22Cl3N3O2S. The smallest absolute Gasteiger partial charge is 0.253 e. The van der Waals surface area contributed by atoms with E-state index in [2.05, 4.69) is 16.3 Å². The second-order valence-electron chi connectivity index (χ2n) is 5.37. The predicted octanol–water partition coefficient (Wildman–Crippen LogP) is 1.88. The number of amides is 1. The number of piperazine rings is 1. The summed E-state index contributed by atoms with van der Waals surface area (Å²) in [7, 11) is 0. The second kappa shape index (κ2) is 10.0. The minimum Gasteiger partial charge on any atom is -0.366 e. The molecule has 0 saturated carbocycles. The Balaban J connectivity index is 0.00000132. The molecule has 0 radical (unpaired) electrons. The van der Waals surface area contributed by atoms with Gasteiger partial charge in [0.25, 0.3) is 5.91 Å². The van der Waals surface area contributed by atoms with Crippen LogP contribution in [0, 0.1) is 0 Å². The van der Waals surface area contributed by atoms with Crippen molar-refractivity contribution in [3.05, 3.63) is 21.3 Å². The summed E-state index contributed by atoms with van der Waals surface area (Å²) in [5.41, 5.74) is 0. The number of morpholine rings is 1. The molecule has 1 aromatic heterocycles. The highest BCUT2D eigenvalue weighted by atomic mass is 35.5. The van der Waals surface area contributed by atoms with E-state index >= 15 is 0 Å². The topological polar surface area (TPSA) is 44.8 Å². The quantitative estimate of drug-likeness (QED) is 0.838. The SMILES string of the molecule is Cl.Cl.O=C(C1CNCCO1)N1CCN(Cc2ccc(Cl)s2)CC1. The Morgan fingerprint density at radius 1 is 1.30 bits per heavy atom. The highest BCUT2D eigenvalue weighted by molar-refractivity contribution is 7.16. The van der Waals surface area contributed by atoms with Crippen LogP contribution in [0.15, 0.2) is 12.1 Å². The number of rotatable bonds is 3. The average molecular weight is 403 g/mol. The van der Waals surface area contributed by atoms with Gasteiger partial charge in [-0.15, -0.1) is 36.2 Å². The third kappa shape index (κ3) is 5.74. The van der Waals surface area contributed by atoms with Crippen LogP contribution >= 0.6 is 47.8 Å². The fraction of sp³-hybridized carbons (Fsp3) is 0.643. The Hall–Kier alpha value is -0.0800. The number of carbonyl (C=O) groups excluding carboxylic acids is 1. The van der Waals surface area contributed by atoms with Crippen molar-refractivity contribution >= 4 is 53.7 Å². The van der Waals surface area contributed by atoms with Crippen molar-refractivity contribution in [2.75, 3.05) is 45.9 Å². The van der Waals surface area contributed by atoms with Gasteiger partial charge in [-0.25, -0.2) is 0 Å². The van der Waals surface area contributed by atoms with Crippen LogP contribution in [0.5, 0.6) is 0 Å². The van der Waals surface area contributed by atoms with Crippen molar-refractivity contribution in [3.63, 3.8) is 0 Å². The lowest BCUT2D eigenvalue weighted by Gasteiger charge is -2.36. The third-order valence-corrected chi connectivity index (χ3v) is 5.11. The fourth-order valence-electron chi connectivity index (χ4n) is 2.71. The van der Waals surface area contributed by atoms with Crippen LogP contribution in [0.4, 0.5) is 0 Å². The predicted molar refractivity (Wildman–Crippen MR) is 98.3 cm³/mol. The van der Waals surface area contributed by atoms with Crippen LogP contribution in [0.1, 0.15) is 4.88 Å². The first-order valence-electron chi connectivity index (χ1n) is 7.30. The van der Waals surface area contributed by atoms with Gasteiger partial charge in [-0.05, 0) is 12.1 Å². The molecule has 0 aliphatic carbocycles. The monoisotopic (exact) mass is 401 g/mol. The van der Waals surface area contributed by atoms with Crippen molar-refractivity contribution in [1.29, 1.82) is 0 Å². The lowest BCUT2D eigenvalue weighted by atomic mass is 10.2. The standard InChI is InChI=1S/C14H20ClN3O2S.2ClH/c15-13-2-1-11(21-13)10-17-4-6-18(7-5-17)14(19)12-9-16-3-8-20-12;;/h1-2,12,16H,3-10H2;2*1H. The average Bonchev–Trinajstić information content (AvgIpc) is 2.93. The first-order chi connectivity index (χ1) is 10.2. The normalized spacial score (nSPS) is 22.1. The summed E-state index contributed by atoms with van der Waals surface area (Å²) in [6.45, 7) is 6.36. The molecule has 1 unspecified atom stereocenters. The van der Waals surface area contributed by atoms with Gasteiger partial charge in [0.1, 0.15) is 6.10 Å². The molecule has 2 saturated heterocycles. The Morgan fingerprint density at radius 3 is 2.61 bits per heavy atom. The molecule has 3 rings (SSSR count). The summed E-state index contributed by atoms with van der Waals surface area (Å²) in [5, 5.41) is 3.20. The largest absolute Gasteiger partial charge is 0.366 e. The van der Waals surface area contributed by atoms with Crippen LogP contribution in [0.3, 0.4) is 0 Å². The molecule has 1 amide bonds. The summed E-state index contributed by atoms with van der Waals surface area (Å²) in [6, 6.07) is 4.01.